The lowest BCUT2D eigenvalue weighted by molar-refractivity contribution is 0.190. The molecule has 0 aliphatic carbocycles. The zero-order valence-electron chi connectivity index (χ0n) is 20.7. The van der Waals surface area contributed by atoms with Crippen LogP contribution in [0.5, 0.6) is 5.88 Å². The van der Waals surface area contributed by atoms with E-state index in [1.807, 2.05) is 36.4 Å². The Morgan fingerprint density at radius 2 is 1.78 bits per heavy atom. The number of benzene rings is 2. The van der Waals surface area contributed by atoms with Crippen molar-refractivity contribution in [3.8, 4) is 39.5 Å². The van der Waals surface area contributed by atoms with Gasteiger partial charge in [-0.3, -0.25) is 4.98 Å². The van der Waals surface area contributed by atoms with E-state index in [9.17, 15) is 5.11 Å². The molecule has 0 spiro atoms. The van der Waals surface area contributed by atoms with Crippen molar-refractivity contribution in [2.45, 2.75) is 32.7 Å². The number of hydrogen-bond donors (Lipinski definition) is 3. The Hall–Kier alpha value is -3.00. The van der Waals surface area contributed by atoms with E-state index in [1.165, 1.54) is 11.1 Å². The highest BCUT2D eigenvalue weighted by molar-refractivity contribution is 6.39. The van der Waals surface area contributed by atoms with Crippen LogP contribution in [-0.4, -0.2) is 34.8 Å². The molecule has 3 N–H and O–H groups in total. The zero-order chi connectivity index (χ0) is 25.9. The molecule has 1 atom stereocenters. The fourth-order valence-electron chi connectivity index (χ4n) is 4.58. The third-order valence-electron chi connectivity index (χ3n) is 6.45. The molecule has 0 amide bonds. The number of pyridine rings is 2. The van der Waals surface area contributed by atoms with Gasteiger partial charge in [0.15, 0.2) is 0 Å². The van der Waals surface area contributed by atoms with Crippen LogP contribution >= 0.6 is 23.2 Å². The molecule has 0 saturated heterocycles. The predicted octanol–water partition coefficient (Wildman–Crippen LogP) is 5.87. The molecule has 0 saturated carbocycles. The van der Waals surface area contributed by atoms with Gasteiger partial charge in [0.05, 0.1) is 34.6 Å². The van der Waals surface area contributed by atoms with Gasteiger partial charge in [0.2, 0.25) is 5.88 Å². The summed E-state index contributed by atoms with van der Waals surface area (Å²) in [6.45, 7) is 4.48. The molecule has 1 aliphatic heterocycles. The number of aliphatic hydroxyl groups is 1. The summed E-state index contributed by atoms with van der Waals surface area (Å²) in [7, 11) is 1.59. The number of aromatic nitrogens is 2. The SMILES string of the molecule is COc1nc(-c2cccc(-c3ccnc(-c4ccc5c(c4)CNC5)c3Cl)c2Cl)ccc1CNC[C@@H](C)O. The predicted molar refractivity (Wildman–Crippen MR) is 149 cm³/mol. The lowest BCUT2D eigenvalue weighted by Crippen LogP contribution is -2.24. The van der Waals surface area contributed by atoms with Gasteiger partial charge in [-0.15, -0.1) is 0 Å². The van der Waals surface area contributed by atoms with E-state index >= 15 is 0 Å². The van der Waals surface area contributed by atoms with Gasteiger partial charge in [0.25, 0.3) is 0 Å². The van der Waals surface area contributed by atoms with Crippen molar-refractivity contribution in [1.29, 1.82) is 0 Å². The van der Waals surface area contributed by atoms with Crippen molar-refractivity contribution in [2.75, 3.05) is 13.7 Å². The largest absolute Gasteiger partial charge is 0.481 e. The maximum Gasteiger partial charge on any atom is 0.218 e. The van der Waals surface area contributed by atoms with E-state index < -0.39 is 6.10 Å². The van der Waals surface area contributed by atoms with Crippen LogP contribution in [-0.2, 0) is 19.6 Å². The average Bonchev–Trinajstić information content (AvgIpc) is 3.37. The number of nitrogens with one attached hydrogen (secondary N) is 2. The number of methoxy groups -OCH3 is 1. The molecular formula is C29H28Cl2N4O2. The molecule has 0 radical (unpaired) electrons. The Kier molecular flexibility index (Phi) is 7.74. The molecule has 2 aromatic carbocycles. The Morgan fingerprint density at radius 3 is 2.59 bits per heavy atom. The van der Waals surface area contributed by atoms with Gasteiger partial charge in [-0.1, -0.05) is 59.6 Å². The third kappa shape index (κ3) is 5.35. The smallest absolute Gasteiger partial charge is 0.218 e. The molecule has 3 heterocycles. The highest BCUT2D eigenvalue weighted by atomic mass is 35.5. The number of aliphatic hydroxyl groups excluding tert-OH is 1. The summed E-state index contributed by atoms with van der Waals surface area (Å²) in [6.07, 6.45) is 1.33. The second-order valence-electron chi connectivity index (χ2n) is 9.12. The number of hydrogen-bond acceptors (Lipinski definition) is 6. The Labute approximate surface area is 226 Å². The van der Waals surface area contributed by atoms with Gasteiger partial charge in [-0.05, 0) is 36.2 Å². The quantitative estimate of drug-likeness (QED) is 0.262. The van der Waals surface area contributed by atoms with Crippen LogP contribution in [0.1, 0.15) is 23.6 Å². The van der Waals surface area contributed by atoms with E-state index in [0.29, 0.717) is 34.7 Å². The van der Waals surface area contributed by atoms with Gasteiger partial charge in [-0.2, -0.15) is 0 Å². The Bertz CT molecular complexity index is 1440. The summed E-state index contributed by atoms with van der Waals surface area (Å²) < 4.78 is 5.54. The molecule has 5 rings (SSSR count). The Balaban J connectivity index is 1.50. The molecule has 1 aliphatic rings. The van der Waals surface area contributed by atoms with Gasteiger partial charge in [-0.25, -0.2) is 4.98 Å². The van der Waals surface area contributed by atoms with Gasteiger partial charge in [0.1, 0.15) is 0 Å². The van der Waals surface area contributed by atoms with Gasteiger partial charge in [0, 0.05) is 60.2 Å². The minimum Gasteiger partial charge on any atom is -0.481 e. The number of halogens is 2. The van der Waals surface area contributed by atoms with E-state index in [0.717, 1.165) is 46.6 Å². The summed E-state index contributed by atoms with van der Waals surface area (Å²) in [6, 6.07) is 17.9. The highest BCUT2D eigenvalue weighted by Gasteiger charge is 2.19. The van der Waals surface area contributed by atoms with Crippen molar-refractivity contribution in [3.63, 3.8) is 0 Å². The molecule has 0 unspecified atom stereocenters. The summed E-state index contributed by atoms with van der Waals surface area (Å²) in [5.74, 6) is 0.507. The second kappa shape index (κ2) is 11.2. The molecule has 8 heteroatoms. The second-order valence-corrected chi connectivity index (χ2v) is 9.88. The van der Waals surface area contributed by atoms with Crippen molar-refractivity contribution in [2.24, 2.45) is 0 Å². The van der Waals surface area contributed by atoms with E-state index in [2.05, 4.69) is 33.8 Å². The van der Waals surface area contributed by atoms with E-state index in [1.54, 1.807) is 20.2 Å². The maximum atomic E-state index is 9.50. The van der Waals surface area contributed by atoms with Crippen LogP contribution in [0.25, 0.3) is 33.6 Å². The fraction of sp³-hybridized carbons (Fsp3) is 0.241. The Morgan fingerprint density at radius 1 is 1.00 bits per heavy atom. The van der Waals surface area contributed by atoms with Crippen molar-refractivity contribution in [3.05, 3.63) is 87.5 Å². The first-order valence-electron chi connectivity index (χ1n) is 12.2. The first-order valence-corrected chi connectivity index (χ1v) is 12.9. The van der Waals surface area contributed by atoms with Crippen LogP contribution in [0.15, 0.2) is 60.8 Å². The molecule has 4 aromatic rings. The van der Waals surface area contributed by atoms with Crippen LogP contribution < -0.4 is 15.4 Å². The summed E-state index contributed by atoms with van der Waals surface area (Å²) >= 11 is 13.9. The molecule has 190 valence electrons. The number of nitrogens with zero attached hydrogens (tertiary/aromatic N) is 2. The van der Waals surface area contributed by atoms with Crippen LogP contribution in [0, 0.1) is 0 Å². The molecular weight excluding hydrogens is 507 g/mol. The molecule has 0 bridgehead atoms. The number of ether oxygens (including phenoxy) is 1. The van der Waals surface area contributed by atoms with Crippen LogP contribution in [0.4, 0.5) is 0 Å². The highest BCUT2D eigenvalue weighted by Crippen LogP contribution is 2.42. The number of fused-ring (bicyclic) bond motifs is 1. The fourth-order valence-corrected chi connectivity index (χ4v) is 5.23. The van der Waals surface area contributed by atoms with E-state index in [-0.39, 0.29) is 0 Å². The third-order valence-corrected chi connectivity index (χ3v) is 7.24. The van der Waals surface area contributed by atoms with E-state index in [4.69, 9.17) is 32.9 Å². The first-order chi connectivity index (χ1) is 18.0. The summed E-state index contributed by atoms with van der Waals surface area (Å²) in [5.41, 5.74) is 8.26. The molecule has 2 aromatic heterocycles. The molecule has 0 fully saturated rings. The minimum atomic E-state index is -0.431. The maximum absolute atomic E-state index is 9.50. The van der Waals surface area contributed by atoms with Gasteiger partial charge >= 0.3 is 0 Å². The standard InChI is InChI=1S/C29H28Cl2N4O2/c1-17(36)13-32-15-20-8-9-25(35-29(20)37-2)24-5-3-4-22(26(24)30)23-10-11-34-28(27(23)31)18-6-7-19-14-33-16-21(19)12-18/h3-12,17,32-33,36H,13-16H2,1-2H3/t17-/m1/s1. The average molecular weight is 535 g/mol. The van der Waals surface area contributed by atoms with Crippen LogP contribution in [0.2, 0.25) is 10.0 Å². The minimum absolute atomic E-state index is 0.431. The first kappa shape index (κ1) is 25.6. The molecule has 6 nitrogen and oxygen atoms in total. The summed E-state index contributed by atoms with van der Waals surface area (Å²) in [5, 5.41) is 17.2. The number of rotatable bonds is 8. The van der Waals surface area contributed by atoms with Gasteiger partial charge < -0.3 is 20.5 Å². The van der Waals surface area contributed by atoms with Crippen molar-refractivity contribution in [1.82, 2.24) is 20.6 Å². The topological polar surface area (TPSA) is 79.3 Å². The normalized spacial score (nSPS) is 13.4. The lowest BCUT2D eigenvalue weighted by atomic mass is 9.98. The monoisotopic (exact) mass is 534 g/mol. The molecule has 37 heavy (non-hydrogen) atoms. The van der Waals surface area contributed by atoms with Crippen molar-refractivity contribution < 1.29 is 9.84 Å². The van der Waals surface area contributed by atoms with Crippen LogP contribution in [0.3, 0.4) is 0 Å². The van der Waals surface area contributed by atoms with Crippen molar-refractivity contribution >= 4 is 23.2 Å². The summed E-state index contributed by atoms with van der Waals surface area (Å²) in [4.78, 5) is 9.31. The zero-order valence-corrected chi connectivity index (χ0v) is 22.2. The lowest BCUT2D eigenvalue weighted by Gasteiger charge is -2.15.